The van der Waals surface area contributed by atoms with Crippen LogP contribution in [0, 0.1) is 11.8 Å². The number of aliphatic hydroxyl groups excluding tert-OH is 2. The molecule has 0 bridgehead atoms. The van der Waals surface area contributed by atoms with Gasteiger partial charge in [-0.15, -0.1) is 0 Å². The molecular weight excluding hydrogens is 440 g/mol. The third-order valence-electron chi connectivity index (χ3n) is 8.01. The quantitative estimate of drug-likeness (QED) is 0.411. The minimum absolute atomic E-state index is 0.0226. The van der Waals surface area contributed by atoms with E-state index in [1.54, 1.807) is 12.1 Å². The van der Waals surface area contributed by atoms with Crippen LogP contribution in [0.3, 0.4) is 0 Å². The number of phenols is 1. The second-order valence-corrected chi connectivity index (χ2v) is 10.0. The molecule has 1 saturated heterocycles. The van der Waals surface area contributed by atoms with Gasteiger partial charge in [-0.05, 0) is 50.4 Å². The highest BCUT2D eigenvalue weighted by molar-refractivity contribution is 6.21. The molecule has 1 heterocycles. The zero-order valence-electron chi connectivity index (χ0n) is 18.9. The van der Waals surface area contributed by atoms with E-state index in [9.17, 15) is 34.8 Å². The standard InChI is InChI=1S/C25H30N2O7/c28-14-9-13-10-16-19(24(33)26-12-27-7-2-1-3-8-27)15-5-4-6-17(29)20(15)22(31)21(16)23(32)25(13,34)18(30)11-14/h4-6,13-14,16,19,28-29,31,34H,1-3,7-12H2,(H,26,33). The van der Waals surface area contributed by atoms with Crippen LogP contribution < -0.4 is 5.32 Å². The fraction of sp³-hybridized carbons (Fsp3) is 0.560. The highest BCUT2D eigenvalue weighted by Gasteiger charge is 2.62. The second-order valence-electron chi connectivity index (χ2n) is 10.0. The molecule has 5 atom stereocenters. The first-order valence-electron chi connectivity index (χ1n) is 12.0. The van der Waals surface area contributed by atoms with E-state index in [1.807, 2.05) is 0 Å². The molecule has 1 amide bonds. The molecule has 2 saturated carbocycles. The van der Waals surface area contributed by atoms with Gasteiger partial charge in [-0.2, -0.15) is 0 Å². The molecule has 1 aromatic rings. The zero-order valence-corrected chi connectivity index (χ0v) is 18.9. The summed E-state index contributed by atoms with van der Waals surface area (Å²) in [6.45, 7) is 2.11. The summed E-state index contributed by atoms with van der Waals surface area (Å²) in [5.41, 5.74) is -2.18. The predicted octanol–water partition coefficient (Wildman–Crippen LogP) is 0.978. The molecule has 0 radical (unpaired) electrons. The van der Waals surface area contributed by atoms with E-state index in [1.165, 1.54) is 6.07 Å². The number of amides is 1. The molecule has 1 aromatic carbocycles. The first-order chi connectivity index (χ1) is 16.2. The third kappa shape index (κ3) is 3.45. The summed E-state index contributed by atoms with van der Waals surface area (Å²) in [5, 5.41) is 45.9. The van der Waals surface area contributed by atoms with Crippen molar-refractivity contribution in [1.29, 1.82) is 0 Å². The second kappa shape index (κ2) is 8.48. The van der Waals surface area contributed by atoms with Crippen LogP contribution in [0.15, 0.2) is 23.8 Å². The molecule has 3 aliphatic carbocycles. The minimum Gasteiger partial charge on any atom is -0.507 e. The van der Waals surface area contributed by atoms with Gasteiger partial charge in [0.25, 0.3) is 0 Å². The topological polar surface area (TPSA) is 147 Å². The van der Waals surface area contributed by atoms with Crippen LogP contribution in [-0.4, -0.2) is 74.3 Å². The average Bonchev–Trinajstić information content (AvgIpc) is 2.80. The van der Waals surface area contributed by atoms with Crippen LogP contribution in [0.5, 0.6) is 5.75 Å². The lowest BCUT2D eigenvalue weighted by atomic mass is 9.56. The van der Waals surface area contributed by atoms with Gasteiger partial charge in [0, 0.05) is 23.8 Å². The number of aromatic hydroxyl groups is 1. The fourth-order valence-corrected chi connectivity index (χ4v) is 6.31. The molecule has 3 fully saturated rings. The average molecular weight is 471 g/mol. The molecule has 182 valence electrons. The van der Waals surface area contributed by atoms with E-state index in [2.05, 4.69) is 10.2 Å². The summed E-state index contributed by atoms with van der Waals surface area (Å²) in [5.74, 6) is -5.44. The number of hydrogen-bond acceptors (Lipinski definition) is 8. The monoisotopic (exact) mass is 470 g/mol. The van der Waals surface area contributed by atoms with Crippen LogP contribution in [0.1, 0.15) is 55.6 Å². The molecule has 9 heteroatoms. The number of carbonyl (C=O) groups excluding carboxylic acids is 3. The summed E-state index contributed by atoms with van der Waals surface area (Å²) >= 11 is 0. The Morgan fingerprint density at radius 2 is 1.85 bits per heavy atom. The Morgan fingerprint density at radius 3 is 2.59 bits per heavy atom. The lowest BCUT2D eigenvalue weighted by Crippen LogP contribution is -2.62. The molecule has 34 heavy (non-hydrogen) atoms. The van der Waals surface area contributed by atoms with Crippen LogP contribution in [0.4, 0.5) is 0 Å². The van der Waals surface area contributed by atoms with Crippen molar-refractivity contribution in [1.82, 2.24) is 10.2 Å². The molecule has 4 aliphatic rings. The number of hydrogen-bond donors (Lipinski definition) is 5. The van der Waals surface area contributed by atoms with Crippen molar-refractivity contribution < 1.29 is 34.8 Å². The Balaban J connectivity index is 1.55. The van der Waals surface area contributed by atoms with Crippen molar-refractivity contribution in [3.05, 3.63) is 34.9 Å². The molecule has 5 unspecified atom stereocenters. The summed E-state index contributed by atoms with van der Waals surface area (Å²) in [6, 6.07) is 4.57. The zero-order chi connectivity index (χ0) is 24.2. The normalized spacial score (nSPS) is 33.7. The van der Waals surface area contributed by atoms with Gasteiger partial charge in [0.15, 0.2) is 11.4 Å². The number of phenolic OH excluding ortho intramolecular Hbond substituents is 1. The Labute approximate surface area is 197 Å². The first kappa shape index (κ1) is 23.0. The SMILES string of the molecule is O=C(NCN1CCCCC1)C1c2cccc(O)c2C(O)=C2C(=O)C3(O)C(=O)CC(O)CC3CC21. The predicted molar refractivity (Wildman–Crippen MR) is 121 cm³/mol. The van der Waals surface area contributed by atoms with Gasteiger partial charge in [-0.25, -0.2) is 0 Å². The maximum atomic E-state index is 13.5. The summed E-state index contributed by atoms with van der Waals surface area (Å²) in [6.07, 6.45) is 2.07. The van der Waals surface area contributed by atoms with E-state index in [0.717, 1.165) is 32.4 Å². The van der Waals surface area contributed by atoms with Gasteiger partial charge >= 0.3 is 0 Å². The number of rotatable bonds is 3. The summed E-state index contributed by atoms with van der Waals surface area (Å²) in [4.78, 5) is 41.9. The van der Waals surface area contributed by atoms with Crippen LogP contribution in [0.25, 0.3) is 5.76 Å². The number of aliphatic hydroxyl groups is 3. The van der Waals surface area contributed by atoms with Crippen molar-refractivity contribution >= 4 is 23.2 Å². The highest BCUT2D eigenvalue weighted by Crippen LogP contribution is 2.54. The molecule has 5 N–H and O–H groups in total. The van der Waals surface area contributed by atoms with Crippen molar-refractivity contribution in [3.8, 4) is 5.75 Å². The van der Waals surface area contributed by atoms with Crippen LogP contribution in [-0.2, 0) is 14.4 Å². The Morgan fingerprint density at radius 1 is 1.12 bits per heavy atom. The molecule has 0 spiro atoms. The number of carbonyl (C=O) groups is 3. The maximum Gasteiger partial charge on any atom is 0.229 e. The lowest BCUT2D eigenvalue weighted by molar-refractivity contribution is -0.167. The van der Waals surface area contributed by atoms with Crippen LogP contribution in [0.2, 0.25) is 0 Å². The fourth-order valence-electron chi connectivity index (χ4n) is 6.31. The van der Waals surface area contributed by atoms with Gasteiger partial charge in [0.2, 0.25) is 11.7 Å². The number of nitrogens with one attached hydrogen (secondary N) is 1. The van der Waals surface area contributed by atoms with Gasteiger partial charge < -0.3 is 25.7 Å². The number of piperidine rings is 1. The lowest BCUT2D eigenvalue weighted by Gasteiger charge is -2.48. The highest BCUT2D eigenvalue weighted by atomic mass is 16.3. The number of ketones is 2. The largest absolute Gasteiger partial charge is 0.507 e. The van der Waals surface area contributed by atoms with Crippen LogP contribution >= 0.6 is 0 Å². The maximum absolute atomic E-state index is 13.5. The van der Waals surface area contributed by atoms with Gasteiger partial charge in [0.1, 0.15) is 11.5 Å². The Hall–Kier alpha value is -2.75. The molecular formula is C25H30N2O7. The van der Waals surface area contributed by atoms with E-state index in [-0.39, 0.29) is 42.1 Å². The number of benzene rings is 1. The van der Waals surface area contributed by atoms with Gasteiger partial charge in [-0.3, -0.25) is 19.3 Å². The van der Waals surface area contributed by atoms with E-state index < -0.39 is 46.8 Å². The molecule has 0 aromatic heterocycles. The van der Waals surface area contributed by atoms with E-state index >= 15 is 0 Å². The molecule has 9 nitrogen and oxygen atoms in total. The van der Waals surface area contributed by atoms with E-state index in [0.29, 0.717) is 12.2 Å². The van der Waals surface area contributed by atoms with Crippen molar-refractivity contribution in [2.45, 2.75) is 56.1 Å². The summed E-state index contributed by atoms with van der Waals surface area (Å²) in [7, 11) is 0. The molecule has 5 rings (SSSR count). The van der Waals surface area contributed by atoms with Crippen molar-refractivity contribution in [2.24, 2.45) is 11.8 Å². The third-order valence-corrected chi connectivity index (χ3v) is 8.01. The number of likely N-dealkylation sites (tertiary alicyclic amines) is 1. The number of nitrogens with zero attached hydrogens (tertiary/aromatic N) is 1. The number of fused-ring (bicyclic) bond motifs is 3. The molecule has 1 aliphatic heterocycles. The Bertz CT molecular complexity index is 1080. The van der Waals surface area contributed by atoms with Gasteiger partial charge in [-0.1, -0.05) is 18.6 Å². The minimum atomic E-state index is -2.35. The number of Topliss-reactive ketones (excluding diaryl/α,β-unsaturated/α-hetero) is 2. The Kier molecular flexibility index (Phi) is 5.74. The first-order valence-corrected chi connectivity index (χ1v) is 12.0. The van der Waals surface area contributed by atoms with Crippen molar-refractivity contribution in [2.75, 3.05) is 19.8 Å². The smallest absolute Gasteiger partial charge is 0.229 e. The van der Waals surface area contributed by atoms with E-state index in [4.69, 9.17) is 0 Å². The van der Waals surface area contributed by atoms with Gasteiger partial charge in [0.05, 0.1) is 24.3 Å². The van der Waals surface area contributed by atoms with Crippen molar-refractivity contribution in [3.63, 3.8) is 0 Å². The summed E-state index contributed by atoms with van der Waals surface area (Å²) < 4.78 is 0.